The van der Waals surface area contributed by atoms with E-state index in [2.05, 4.69) is 10.3 Å². The highest BCUT2D eigenvalue weighted by atomic mass is 19.1. The van der Waals surface area contributed by atoms with Crippen LogP contribution in [0.1, 0.15) is 35.2 Å². The lowest BCUT2D eigenvalue weighted by molar-refractivity contribution is 0.0953. The highest BCUT2D eigenvalue weighted by Gasteiger charge is 2.18. The Balaban J connectivity index is 1.48. The number of hydrogen-bond acceptors (Lipinski definition) is 4. The number of halogens is 2. The third-order valence-corrected chi connectivity index (χ3v) is 6.06. The number of allylic oxidation sites excluding steroid dienone is 1. The van der Waals surface area contributed by atoms with Crippen molar-refractivity contribution in [3.8, 4) is 22.5 Å². The Morgan fingerprint density at radius 3 is 2.53 bits per heavy atom. The molecule has 0 radical (unpaired) electrons. The van der Waals surface area contributed by atoms with Crippen LogP contribution < -0.4 is 5.32 Å². The number of fused-ring (bicyclic) bond motifs is 1. The molecule has 0 saturated heterocycles. The molecule has 5 rings (SSSR count). The zero-order valence-electron chi connectivity index (χ0n) is 19.8. The Morgan fingerprint density at radius 1 is 0.944 bits per heavy atom. The summed E-state index contributed by atoms with van der Waals surface area (Å²) < 4.78 is 28.5. The normalized spacial score (nSPS) is 12.7. The van der Waals surface area contributed by atoms with Gasteiger partial charge in [0.05, 0.1) is 16.7 Å². The van der Waals surface area contributed by atoms with E-state index >= 15 is 0 Å². The molecule has 0 bridgehead atoms. The second-order valence-electron chi connectivity index (χ2n) is 8.76. The van der Waals surface area contributed by atoms with Crippen LogP contribution in [0.25, 0.3) is 33.5 Å². The first-order valence-corrected chi connectivity index (χ1v) is 11.8. The van der Waals surface area contributed by atoms with E-state index in [-0.39, 0.29) is 11.7 Å². The van der Waals surface area contributed by atoms with E-state index in [0.717, 1.165) is 30.5 Å². The maximum atomic E-state index is 14.9. The first kappa shape index (κ1) is 23.5. The molecule has 1 aliphatic heterocycles. The van der Waals surface area contributed by atoms with Gasteiger partial charge in [0.25, 0.3) is 5.91 Å². The fourth-order valence-corrected chi connectivity index (χ4v) is 4.18. The van der Waals surface area contributed by atoms with Crippen LogP contribution in [0.5, 0.6) is 0 Å². The summed E-state index contributed by atoms with van der Waals surface area (Å²) in [5.41, 5.74) is 5.14. The second kappa shape index (κ2) is 10.2. The van der Waals surface area contributed by atoms with Crippen molar-refractivity contribution in [2.24, 2.45) is 4.99 Å². The maximum absolute atomic E-state index is 14.9. The SMILES string of the molecule is Cc1ccc(F)c(-c2nc3cc(C(=O)NCCCC4=NC=CC4)ccc3nc2-c2ccc(F)cc2)c1. The Bertz CT molecular complexity index is 1510. The van der Waals surface area contributed by atoms with Crippen LogP contribution in [0.2, 0.25) is 0 Å². The van der Waals surface area contributed by atoms with E-state index in [0.29, 0.717) is 45.7 Å². The predicted octanol–water partition coefficient (Wildman–Crippen LogP) is 6.42. The van der Waals surface area contributed by atoms with E-state index in [9.17, 15) is 13.6 Å². The largest absolute Gasteiger partial charge is 0.352 e. The molecular weight excluding hydrogens is 458 g/mol. The van der Waals surface area contributed by atoms with E-state index in [1.807, 2.05) is 19.2 Å². The first-order chi connectivity index (χ1) is 17.5. The number of hydrogen-bond donors (Lipinski definition) is 1. The van der Waals surface area contributed by atoms with Gasteiger partial charge in [-0.15, -0.1) is 0 Å². The Morgan fingerprint density at radius 2 is 1.75 bits per heavy atom. The lowest BCUT2D eigenvalue weighted by atomic mass is 10.0. The summed E-state index contributed by atoms with van der Waals surface area (Å²) in [7, 11) is 0. The molecule has 7 heteroatoms. The molecule has 36 heavy (non-hydrogen) atoms. The van der Waals surface area contributed by atoms with Crippen LogP contribution in [-0.2, 0) is 0 Å². The van der Waals surface area contributed by atoms with Gasteiger partial charge in [0.2, 0.25) is 0 Å². The number of aromatic nitrogens is 2. The minimum Gasteiger partial charge on any atom is -0.352 e. The summed E-state index contributed by atoms with van der Waals surface area (Å²) >= 11 is 0. The average Bonchev–Trinajstić information content (AvgIpc) is 3.41. The number of rotatable bonds is 7. The monoisotopic (exact) mass is 482 g/mol. The van der Waals surface area contributed by atoms with E-state index in [1.165, 1.54) is 18.2 Å². The molecule has 0 spiro atoms. The third kappa shape index (κ3) is 5.05. The van der Waals surface area contributed by atoms with E-state index in [1.54, 1.807) is 42.5 Å². The molecule has 180 valence electrons. The summed E-state index contributed by atoms with van der Waals surface area (Å²) in [4.78, 5) is 26.5. The van der Waals surface area contributed by atoms with Crippen molar-refractivity contribution in [1.82, 2.24) is 15.3 Å². The van der Waals surface area contributed by atoms with Crippen molar-refractivity contribution in [3.63, 3.8) is 0 Å². The highest BCUT2D eigenvalue weighted by Crippen LogP contribution is 2.33. The number of aliphatic imine (C=N–C) groups is 1. The van der Waals surface area contributed by atoms with Crippen LogP contribution in [0.4, 0.5) is 8.78 Å². The van der Waals surface area contributed by atoms with Gasteiger partial charge in [-0.1, -0.05) is 17.7 Å². The molecule has 5 nitrogen and oxygen atoms in total. The summed E-state index contributed by atoms with van der Waals surface area (Å²) in [5, 5.41) is 2.93. The lowest BCUT2D eigenvalue weighted by Gasteiger charge is -2.13. The highest BCUT2D eigenvalue weighted by molar-refractivity contribution is 5.98. The van der Waals surface area contributed by atoms with Crippen LogP contribution in [0.15, 0.2) is 77.9 Å². The number of benzene rings is 3. The van der Waals surface area contributed by atoms with Gasteiger partial charge < -0.3 is 5.32 Å². The smallest absolute Gasteiger partial charge is 0.251 e. The number of amides is 1. The molecule has 3 aromatic carbocycles. The molecule has 0 saturated carbocycles. The van der Waals surface area contributed by atoms with Crippen molar-refractivity contribution in [3.05, 3.63) is 95.7 Å². The minimum absolute atomic E-state index is 0.212. The first-order valence-electron chi connectivity index (χ1n) is 11.8. The third-order valence-electron chi connectivity index (χ3n) is 6.06. The predicted molar refractivity (Wildman–Crippen MR) is 138 cm³/mol. The second-order valence-corrected chi connectivity index (χ2v) is 8.76. The number of carbonyl (C=O) groups excluding carboxylic acids is 1. The molecule has 0 unspecified atom stereocenters. The molecule has 1 amide bonds. The van der Waals surface area contributed by atoms with Crippen LogP contribution >= 0.6 is 0 Å². The van der Waals surface area contributed by atoms with Gasteiger partial charge in [0.1, 0.15) is 17.3 Å². The number of nitrogens with zero attached hydrogens (tertiary/aromatic N) is 3. The van der Waals surface area contributed by atoms with E-state index < -0.39 is 5.82 Å². The zero-order valence-corrected chi connectivity index (χ0v) is 19.8. The topological polar surface area (TPSA) is 67.2 Å². The summed E-state index contributed by atoms with van der Waals surface area (Å²) in [6.07, 6.45) is 6.34. The van der Waals surface area contributed by atoms with Gasteiger partial charge in [-0.05, 0) is 74.4 Å². The summed E-state index contributed by atoms with van der Waals surface area (Å²) in [6.45, 7) is 2.40. The van der Waals surface area contributed by atoms with Gasteiger partial charge >= 0.3 is 0 Å². The lowest BCUT2D eigenvalue weighted by Crippen LogP contribution is -2.24. The molecule has 1 aromatic heterocycles. The average molecular weight is 483 g/mol. The Labute approximate surface area is 207 Å². The van der Waals surface area contributed by atoms with Gasteiger partial charge in [-0.25, -0.2) is 18.7 Å². The molecule has 0 atom stereocenters. The summed E-state index contributed by atoms with van der Waals surface area (Å²) in [6, 6.07) is 15.7. The van der Waals surface area contributed by atoms with Crippen molar-refractivity contribution in [2.75, 3.05) is 6.54 Å². The Kier molecular flexibility index (Phi) is 6.62. The standard InChI is InChI=1S/C29H24F2N4O/c1-18-6-12-24(31)23(16-18)28-27(19-7-10-21(30)11-8-19)34-25-13-9-20(17-26(25)35-28)29(36)33-15-3-5-22-4-2-14-32-22/h2,6-14,16-17H,3-5,15H2,1H3,(H,33,36). The molecular formula is C29H24F2N4O. The molecule has 1 N–H and O–H groups in total. The van der Waals surface area contributed by atoms with Crippen molar-refractivity contribution < 1.29 is 13.6 Å². The van der Waals surface area contributed by atoms with Gasteiger partial charge in [0, 0.05) is 41.6 Å². The fourth-order valence-electron chi connectivity index (χ4n) is 4.18. The number of nitrogens with one attached hydrogen (secondary N) is 1. The van der Waals surface area contributed by atoms with E-state index in [4.69, 9.17) is 9.97 Å². The van der Waals surface area contributed by atoms with Crippen molar-refractivity contribution in [1.29, 1.82) is 0 Å². The molecule has 0 fully saturated rings. The Hall–Kier alpha value is -4.26. The van der Waals surface area contributed by atoms with Crippen LogP contribution in [0.3, 0.4) is 0 Å². The van der Waals surface area contributed by atoms with Crippen molar-refractivity contribution in [2.45, 2.75) is 26.2 Å². The number of aryl methyl sites for hydroxylation is 1. The van der Waals surface area contributed by atoms with Gasteiger partial charge in [-0.3, -0.25) is 9.79 Å². The van der Waals surface area contributed by atoms with Gasteiger partial charge in [-0.2, -0.15) is 0 Å². The van der Waals surface area contributed by atoms with Crippen molar-refractivity contribution >= 4 is 22.7 Å². The molecule has 2 heterocycles. The number of carbonyl (C=O) groups is 1. The molecule has 4 aromatic rings. The summed E-state index contributed by atoms with van der Waals surface area (Å²) in [5.74, 6) is -1.02. The van der Waals surface area contributed by atoms with Crippen LogP contribution in [-0.4, -0.2) is 28.1 Å². The molecule has 0 aliphatic carbocycles. The minimum atomic E-state index is -0.437. The van der Waals surface area contributed by atoms with Gasteiger partial charge in [0.15, 0.2) is 0 Å². The molecule has 1 aliphatic rings. The quantitative estimate of drug-likeness (QED) is 0.309. The zero-order chi connectivity index (χ0) is 25.1. The van der Waals surface area contributed by atoms with Crippen LogP contribution in [0, 0.1) is 18.6 Å². The fraction of sp³-hybridized carbons (Fsp3) is 0.172. The maximum Gasteiger partial charge on any atom is 0.251 e.